The van der Waals surface area contributed by atoms with Gasteiger partial charge in [0, 0.05) is 25.1 Å². The van der Waals surface area contributed by atoms with Crippen molar-refractivity contribution in [1.82, 2.24) is 16.2 Å². The van der Waals surface area contributed by atoms with E-state index in [1.54, 1.807) is 19.2 Å². The van der Waals surface area contributed by atoms with Gasteiger partial charge in [0.2, 0.25) is 5.91 Å². The van der Waals surface area contributed by atoms with Crippen LogP contribution >= 0.6 is 0 Å². The lowest BCUT2D eigenvalue weighted by Gasteiger charge is -2.28. The molecule has 1 heterocycles. The lowest BCUT2D eigenvalue weighted by Crippen LogP contribution is -2.47. The first-order chi connectivity index (χ1) is 11.6. The first-order valence-electron chi connectivity index (χ1n) is 8.68. The summed E-state index contributed by atoms with van der Waals surface area (Å²) >= 11 is 0. The molecule has 1 saturated carbocycles. The number of hydrazine groups is 1. The second-order valence-corrected chi connectivity index (χ2v) is 7.08. The van der Waals surface area contributed by atoms with Crippen molar-refractivity contribution >= 4 is 5.91 Å². The number of nitrogens with one attached hydrogen (secondary N) is 3. The van der Waals surface area contributed by atoms with E-state index in [0.29, 0.717) is 19.6 Å². The minimum absolute atomic E-state index is 0.0335. The van der Waals surface area contributed by atoms with E-state index in [1.165, 1.54) is 12.8 Å². The summed E-state index contributed by atoms with van der Waals surface area (Å²) in [5, 5.41) is 12.5. The number of hydrogen-bond donors (Lipinski definition) is 4. The molecule has 2 aliphatic rings. The highest BCUT2D eigenvalue weighted by Gasteiger charge is 2.36. The molecule has 6 heteroatoms. The van der Waals surface area contributed by atoms with Crippen molar-refractivity contribution in [2.24, 2.45) is 5.41 Å². The van der Waals surface area contributed by atoms with Gasteiger partial charge in [-0.25, -0.2) is 10.9 Å². The number of carbonyl (C=O) groups excluding carboxylic acids is 1. The fraction of sp³-hybridized carbons (Fsp3) is 0.611. The Labute approximate surface area is 142 Å². The Morgan fingerprint density at radius 3 is 2.67 bits per heavy atom. The molecule has 0 spiro atoms. The summed E-state index contributed by atoms with van der Waals surface area (Å²) in [5.41, 5.74) is 7.41. The number of aromatic hydroxyl groups is 1. The highest BCUT2D eigenvalue weighted by atomic mass is 16.5. The largest absolute Gasteiger partial charge is 0.508 e. The zero-order chi connectivity index (χ0) is 17.0. The van der Waals surface area contributed by atoms with Gasteiger partial charge in [0.15, 0.2) is 0 Å². The molecular formula is C18H27N3O3. The minimum atomic E-state index is -0.246. The van der Waals surface area contributed by atoms with Crippen molar-refractivity contribution in [1.29, 1.82) is 0 Å². The normalized spacial score (nSPS) is 25.7. The molecule has 132 valence electrons. The van der Waals surface area contributed by atoms with Gasteiger partial charge < -0.3 is 15.2 Å². The summed E-state index contributed by atoms with van der Waals surface area (Å²) in [6, 6.07) is 6.91. The third-order valence-corrected chi connectivity index (χ3v) is 5.27. The van der Waals surface area contributed by atoms with Crippen molar-refractivity contribution in [3.8, 4) is 5.75 Å². The summed E-state index contributed by atoms with van der Waals surface area (Å²) in [6.45, 7) is 1.39. The average molecular weight is 333 g/mol. The van der Waals surface area contributed by atoms with Crippen LogP contribution in [0.2, 0.25) is 0 Å². The van der Waals surface area contributed by atoms with Gasteiger partial charge in [0.05, 0.1) is 6.61 Å². The Balaban J connectivity index is 1.52. The highest BCUT2D eigenvalue weighted by molar-refractivity contribution is 5.82. The molecule has 1 saturated heterocycles. The van der Waals surface area contributed by atoms with Crippen molar-refractivity contribution in [2.75, 3.05) is 20.3 Å². The predicted octanol–water partition coefficient (Wildman–Crippen LogP) is 1.62. The fourth-order valence-electron chi connectivity index (χ4n) is 3.85. The van der Waals surface area contributed by atoms with Gasteiger partial charge >= 0.3 is 0 Å². The molecule has 3 rings (SSSR count). The van der Waals surface area contributed by atoms with Gasteiger partial charge in [0.25, 0.3) is 0 Å². The number of amides is 1. The predicted molar refractivity (Wildman–Crippen MR) is 91.3 cm³/mol. The molecule has 1 amide bonds. The lowest BCUT2D eigenvalue weighted by molar-refractivity contribution is -0.123. The molecule has 1 aromatic rings. The molecule has 2 atom stereocenters. The number of hydrogen-bond acceptors (Lipinski definition) is 5. The van der Waals surface area contributed by atoms with Crippen LogP contribution in [-0.2, 0) is 9.53 Å². The maximum absolute atomic E-state index is 12.5. The Morgan fingerprint density at radius 2 is 2.00 bits per heavy atom. The summed E-state index contributed by atoms with van der Waals surface area (Å²) in [7, 11) is 1.73. The van der Waals surface area contributed by atoms with E-state index in [1.807, 2.05) is 12.1 Å². The van der Waals surface area contributed by atoms with Gasteiger partial charge in [-0.05, 0) is 37.0 Å². The van der Waals surface area contributed by atoms with E-state index in [0.717, 1.165) is 18.4 Å². The third-order valence-electron chi connectivity index (χ3n) is 5.27. The van der Waals surface area contributed by atoms with Crippen LogP contribution in [-0.4, -0.2) is 37.3 Å². The van der Waals surface area contributed by atoms with E-state index in [2.05, 4.69) is 16.2 Å². The Morgan fingerprint density at radius 1 is 1.29 bits per heavy atom. The number of methoxy groups -OCH3 is 1. The van der Waals surface area contributed by atoms with E-state index in [9.17, 15) is 9.90 Å². The molecule has 24 heavy (non-hydrogen) atoms. The molecule has 0 bridgehead atoms. The zero-order valence-electron chi connectivity index (χ0n) is 14.2. The molecule has 6 nitrogen and oxygen atoms in total. The molecule has 0 aromatic heterocycles. The third kappa shape index (κ3) is 3.88. The number of ether oxygens (including phenoxy) is 1. The van der Waals surface area contributed by atoms with Crippen LogP contribution in [0.3, 0.4) is 0 Å². The van der Waals surface area contributed by atoms with Crippen LogP contribution in [0.1, 0.15) is 43.7 Å². The highest BCUT2D eigenvalue weighted by Crippen LogP contribution is 2.37. The molecular weight excluding hydrogens is 306 g/mol. The second kappa shape index (κ2) is 7.51. The van der Waals surface area contributed by atoms with Crippen LogP contribution < -0.4 is 16.2 Å². The van der Waals surface area contributed by atoms with Crippen LogP contribution in [0.5, 0.6) is 5.75 Å². The molecule has 1 aromatic carbocycles. The van der Waals surface area contributed by atoms with Crippen molar-refractivity contribution < 1.29 is 14.6 Å². The standard InChI is InChI=1S/C18H27N3O3/c1-24-12-18(8-2-3-9-18)11-19-17(23)16-10-15(20-21-16)13-4-6-14(22)7-5-13/h4-7,15-16,20-22H,2-3,8-12H2,1H3,(H,19,23). The number of carbonyl (C=O) groups is 1. The maximum Gasteiger partial charge on any atom is 0.238 e. The molecule has 4 N–H and O–H groups in total. The number of phenolic OH excluding ortho intramolecular Hbond substituents is 1. The monoisotopic (exact) mass is 333 g/mol. The fourth-order valence-corrected chi connectivity index (χ4v) is 3.85. The van der Waals surface area contributed by atoms with Crippen LogP contribution in [0.15, 0.2) is 24.3 Å². The number of rotatable bonds is 6. The van der Waals surface area contributed by atoms with E-state index in [-0.39, 0.29) is 29.2 Å². The van der Waals surface area contributed by atoms with E-state index in [4.69, 9.17) is 4.74 Å². The van der Waals surface area contributed by atoms with Crippen LogP contribution in [0.25, 0.3) is 0 Å². The Kier molecular flexibility index (Phi) is 5.38. The summed E-state index contributed by atoms with van der Waals surface area (Å²) < 4.78 is 5.37. The SMILES string of the molecule is COCC1(CNC(=O)C2CC(c3ccc(O)cc3)NN2)CCCC1. The van der Waals surface area contributed by atoms with Crippen LogP contribution in [0.4, 0.5) is 0 Å². The van der Waals surface area contributed by atoms with Crippen molar-refractivity contribution in [3.63, 3.8) is 0 Å². The molecule has 1 aliphatic heterocycles. The average Bonchev–Trinajstić information content (AvgIpc) is 3.24. The summed E-state index contributed by atoms with van der Waals surface area (Å²) in [5.74, 6) is 0.283. The molecule has 0 radical (unpaired) electrons. The number of benzene rings is 1. The second-order valence-electron chi connectivity index (χ2n) is 7.08. The van der Waals surface area contributed by atoms with Crippen molar-refractivity contribution in [3.05, 3.63) is 29.8 Å². The maximum atomic E-state index is 12.5. The van der Waals surface area contributed by atoms with Gasteiger partial charge in [-0.3, -0.25) is 4.79 Å². The van der Waals surface area contributed by atoms with Gasteiger partial charge in [0.1, 0.15) is 11.8 Å². The lowest BCUT2D eigenvalue weighted by atomic mass is 9.87. The Hall–Kier alpha value is -1.63. The number of phenols is 1. The zero-order valence-corrected chi connectivity index (χ0v) is 14.2. The van der Waals surface area contributed by atoms with Gasteiger partial charge in [-0.2, -0.15) is 0 Å². The minimum Gasteiger partial charge on any atom is -0.508 e. The Bertz CT molecular complexity index is 555. The van der Waals surface area contributed by atoms with Gasteiger partial charge in [-0.1, -0.05) is 25.0 Å². The van der Waals surface area contributed by atoms with Gasteiger partial charge in [-0.15, -0.1) is 0 Å². The summed E-state index contributed by atoms with van der Waals surface area (Å²) in [4.78, 5) is 12.5. The summed E-state index contributed by atoms with van der Waals surface area (Å²) in [6.07, 6.45) is 5.35. The van der Waals surface area contributed by atoms with E-state index >= 15 is 0 Å². The quantitative estimate of drug-likeness (QED) is 0.636. The topological polar surface area (TPSA) is 82.6 Å². The van der Waals surface area contributed by atoms with Crippen molar-refractivity contribution in [2.45, 2.75) is 44.2 Å². The molecule has 2 fully saturated rings. The first-order valence-corrected chi connectivity index (χ1v) is 8.68. The molecule has 2 unspecified atom stereocenters. The first kappa shape index (κ1) is 17.2. The smallest absolute Gasteiger partial charge is 0.238 e. The van der Waals surface area contributed by atoms with E-state index < -0.39 is 0 Å². The molecule has 1 aliphatic carbocycles. The van der Waals surface area contributed by atoms with Crippen LogP contribution in [0, 0.1) is 5.41 Å².